The summed E-state index contributed by atoms with van der Waals surface area (Å²) in [6.45, 7) is -16.4. The normalized spacial score (nSPS) is 27.5. The number of rotatable bonds is 8. The molecule has 3 nitrogen and oxygen atoms in total. The van der Waals surface area contributed by atoms with Crippen molar-refractivity contribution in [3.63, 3.8) is 0 Å². The molecule has 0 aromatic carbocycles. The second-order valence-electron chi connectivity index (χ2n) is 1.57. The lowest BCUT2D eigenvalue weighted by atomic mass is 10.9. The van der Waals surface area contributed by atoms with E-state index >= 15 is 0 Å². The van der Waals surface area contributed by atoms with Crippen LogP contribution in [0.5, 0.6) is 0 Å². The van der Waals surface area contributed by atoms with Crippen LogP contribution in [0.1, 0.15) is 34.3 Å². The Morgan fingerprint density at radius 1 is 1.46 bits per heavy atom. The molecule has 0 aromatic rings. The van der Waals surface area contributed by atoms with E-state index in [-0.39, 0.29) is 5.08 Å². The fraction of sp³-hybridized carbons (Fsp3) is 1.00. The van der Waals surface area contributed by atoms with Gasteiger partial charge in [0.15, 0.2) is 0 Å². The quantitative estimate of drug-likeness (QED) is 0.375. The molecule has 0 aliphatic rings. The van der Waals surface area contributed by atoms with Crippen molar-refractivity contribution in [2.24, 2.45) is 0 Å². The van der Waals surface area contributed by atoms with Crippen LogP contribution < -0.4 is 0 Å². The van der Waals surface area contributed by atoms with Gasteiger partial charge in [0.05, 0.1) is 23.7 Å². The van der Waals surface area contributed by atoms with Crippen LogP contribution in [0.15, 0.2) is 0 Å². The minimum absolute atomic E-state index is 0.00192. The van der Waals surface area contributed by atoms with Gasteiger partial charge in [-0.2, -0.15) is 11.8 Å². The molecule has 0 saturated heterocycles. The highest BCUT2D eigenvalue weighted by molar-refractivity contribution is 8.57. The summed E-state index contributed by atoms with van der Waals surface area (Å²) in [7, 11) is 0. The lowest BCUT2D eigenvalue weighted by molar-refractivity contribution is 0.237. The van der Waals surface area contributed by atoms with Crippen LogP contribution in [0.25, 0.3) is 0 Å². The van der Waals surface area contributed by atoms with Gasteiger partial charge in [-0.25, -0.2) is 4.57 Å². The summed E-state index contributed by atoms with van der Waals surface area (Å²) in [4.78, 5) is 0. The van der Waals surface area contributed by atoms with E-state index < -0.39 is 33.6 Å². The summed E-state index contributed by atoms with van der Waals surface area (Å²) in [5.41, 5.74) is 0. The maximum Gasteiger partial charge on any atom is 0.389 e. The molecule has 0 aliphatic heterocycles. The van der Waals surface area contributed by atoms with E-state index in [1.807, 2.05) is 0 Å². The van der Waals surface area contributed by atoms with Crippen LogP contribution in [-0.2, 0) is 13.6 Å². The van der Waals surface area contributed by atoms with E-state index in [9.17, 15) is 4.57 Å². The van der Waals surface area contributed by atoms with Crippen LogP contribution in [-0.4, -0.2) is 24.0 Å². The second kappa shape index (κ2) is 8.18. The molecule has 13 heavy (non-hydrogen) atoms. The van der Waals surface area contributed by atoms with E-state index in [4.69, 9.17) is 13.7 Å². The Morgan fingerprint density at radius 3 is 2.54 bits per heavy atom. The van der Waals surface area contributed by atoms with Crippen molar-refractivity contribution in [2.45, 2.75) is 20.6 Å². The number of hydrogen-bond acceptors (Lipinski definition) is 5. The molecule has 0 rings (SSSR count). The van der Waals surface area contributed by atoms with E-state index in [1.54, 1.807) is 6.92 Å². The lowest BCUT2D eigenvalue weighted by Gasteiger charge is -2.15. The molecule has 0 aromatic heterocycles. The van der Waals surface area contributed by atoms with Gasteiger partial charge in [-0.15, -0.1) is 0 Å². The highest BCUT2D eigenvalue weighted by atomic mass is 32.7. The van der Waals surface area contributed by atoms with E-state index in [1.165, 1.54) is 11.8 Å². The molecule has 6 heteroatoms. The van der Waals surface area contributed by atoms with Gasteiger partial charge in [0, 0.05) is 8.22 Å². The predicted octanol–water partition coefficient (Wildman–Crippen LogP) is 3.61. The summed E-state index contributed by atoms with van der Waals surface area (Å²) in [6.07, 6.45) is 0. The van der Waals surface area contributed by atoms with Crippen molar-refractivity contribution in [1.82, 2.24) is 0 Å². The van der Waals surface area contributed by atoms with Gasteiger partial charge in [-0.05, 0) is 30.8 Å². The standard InChI is InChI=1S/C7H17O3PS2/c1-4-9-11(8,10-5-2)13-7-12-6-3/h4-7H2,1-3H3/i1D3,2D3,4D2,5D2. The maximum atomic E-state index is 12.5. The van der Waals surface area contributed by atoms with Crippen molar-refractivity contribution in [1.29, 1.82) is 0 Å². The average Bonchev–Trinajstić information content (AvgIpc) is 2.23. The molecule has 0 unspecified atom stereocenters. The first-order valence-corrected chi connectivity index (χ1v) is 7.50. The molecule has 0 heterocycles. The smallest absolute Gasteiger partial charge is 0.301 e. The third kappa shape index (κ3) is 6.86. The average molecular weight is 254 g/mol. The van der Waals surface area contributed by atoms with E-state index in [0.29, 0.717) is 17.1 Å². The molecule has 80 valence electrons. The molecule has 0 amide bonds. The summed E-state index contributed by atoms with van der Waals surface area (Å²) in [5.74, 6) is 0.575. The van der Waals surface area contributed by atoms with E-state index in [2.05, 4.69) is 9.05 Å². The maximum absolute atomic E-state index is 12.5. The van der Waals surface area contributed by atoms with Gasteiger partial charge in [-0.1, -0.05) is 6.92 Å². The Morgan fingerprint density at radius 2 is 2.08 bits per heavy atom. The monoisotopic (exact) mass is 254 g/mol. The topological polar surface area (TPSA) is 35.5 Å². The summed E-state index contributed by atoms with van der Waals surface area (Å²) < 4.78 is 92.8. The number of thioether (sulfide) groups is 1. The molecule has 0 aliphatic carbocycles. The van der Waals surface area contributed by atoms with Crippen molar-refractivity contribution >= 4 is 29.9 Å². The van der Waals surface area contributed by atoms with Crippen LogP contribution in [0.2, 0.25) is 0 Å². The van der Waals surface area contributed by atoms with Gasteiger partial charge in [0.2, 0.25) is 0 Å². The Kier molecular flexibility index (Phi) is 2.76. The first kappa shape index (κ1) is 4.38. The summed E-state index contributed by atoms with van der Waals surface area (Å²) in [5, 5.41) is 0.00192. The molecule has 0 bridgehead atoms. The number of hydrogen-bond donors (Lipinski definition) is 0. The first-order chi connectivity index (χ1) is 9.97. The molecular formula is C7H17O3PS2. The molecule has 0 saturated carbocycles. The first-order valence-electron chi connectivity index (χ1n) is 8.21. The Hall–Kier alpha value is 0.850. The minimum atomic E-state index is -4.76. The SMILES string of the molecule is [2H]C([2H])([2H])C([2H])([2H])OP(=O)(OC([2H])([2H])C([2H])([2H])[2H])SCSCC. The Balaban J connectivity index is 5.47. The van der Waals surface area contributed by atoms with Crippen molar-refractivity contribution in [3.8, 4) is 0 Å². The highest BCUT2D eigenvalue weighted by Gasteiger charge is 2.23. The Labute approximate surface area is 103 Å². The third-order valence-electron chi connectivity index (χ3n) is 0.813. The molecule has 0 spiro atoms. The minimum Gasteiger partial charge on any atom is -0.301 e. The molecular weight excluding hydrogens is 227 g/mol. The lowest BCUT2D eigenvalue weighted by Crippen LogP contribution is -1.92. The van der Waals surface area contributed by atoms with Gasteiger partial charge in [-0.3, -0.25) is 0 Å². The van der Waals surface area contributed by atoms with Crippen molar-refractivity contribution in [2.75, 3.05) is 24.0 Å². The fourth-order valence-electron chi connectivity index (χ4n) is 0.368. The van der Waals surface area contributed by atoms with Gasteiger partial charge in [0.1, 0.15) is 0 Å². The summed E-state index contributed by atoms with van der Waals surface area (Å²) in [6, 6.07) is 0. The molecule has 0 fully saturated rings. The molecule has 0 atom stereocenters. The predicted molar refractivity (Wildman–Crippen MR) is 61.4 cm³/mol. The second-order valence-corrected chi connectivity index (χ2v) is 7.14. The largest absolute Gasteiger partial charge is 0.389 e. The molecule has 0 radical (unpaired) electrons. The zero-order valence-corrected chi connectivity index (χ0v) is 9.43. The highest BCUT2D eigenvalue weighted by Crippen LogP contribution is 2.61. The van der Waals surface area contributed by atoms with Gasteiger partial charge in [0.25, 0.3) is 0 Å². The Bertz CT molecular complexity index is 405. The fourth-order valence-corrected chi connectivity index (χ4v) is 4.59. The van der Waals surface area contributed by atoms with Gasteiger partial charge >= 0.3 is 6.80 Å². The zero-order valence-electron chi connectivity index (χ0n) is 16.9. The zero-order chi connectivity index (χ0) is 18.7. The van der Waals surface area contributed by atoms with Crippen LogP contribution in [0.4, 0.5) is 0 Å². The third-order valence-corrected chi connectivity index (χ3v) is 5.60. The van der Waals surface area contributed by atoms with Crippen LogP contribution >= 0.6 is 29.9 Å². The van der Waals surface area contributed by atoms with Crippen LogP contribution in [0.3, 0.4) is 0 Å². The summed E-state index contributed by atoms with van der Waals surface area (Å²) >= 11 is 1.54. The van der Waals surface area contributed by atoms with E-state index in [0.717, 1.165) is 0 Å². The molecule has 0 N–H and O–H groups in total. The van der Waals surface area contributed by atoms with Crippen molar-refractivity contribution in [3.05, 3.63) is 0 Å². The van der Waals surface area contributed by atoms with Crippen molar-refractivity contribution < 1.29 is 27.3 Å². The van der Waals surface area contributed by atoms with Gasteiger partial charge < -0.3 is 9.05 Å². The van der Waals surface area contributed by atoms with Crippen LogP contribution in [0, 0.1) is 0 Å².